The zero-order valence-electron chi connectivity index (χ0n) is 7.36. The summed E-state index contributed by atoms with van der Waals surface area (Å²) in [4.78, 5) is 10.9. The smallest absolute Gasteiger partial charge is 0.346 e. The van der Waals surface area contributed by atoms with Crippen molar-refractivity contribution in [3.05, 3.63) is 0 Å². The lowest BCUT2D eigenvalue weighted by molar-refractivity contribution is -0.137. The summed E-state index contributed by atoms with van der Waals surface area (Å²) in [5.41, 5.74) is 0. The van der Waals surface area contributed by atoms with Gasteiger partial charge < -0.3 is 10.6 Å². The van der Waals surface area contributed by atoms with Crippen LogP contribution in [0.2, 0.25) is 0 Å². The summed E-state index contributed by atoms with van der Waals surface area (Å²) >= 11 is 1.74. The third kappa shape index (κ3) is 4.71. The predicted molar refractivity (Wildman–Crippen MR) is 48.2 cm³/mol. The van der Waals surface area contributed by atoms with Crippen LogP contribution in [-0.4, -0.2) is 42.7 Å². The highest BCUT2D eigenvalue weighted by Gasteiger charge is 2.27. The molecule has 0 spiro atoms. The van der Waals surface area contributed by atoms with Crippen LogP contribution in [0.4, 0.5) is 13.2 Å². The van der Waals surface area contributed by atoms with Crippen molar-refractivity contribution < 1.29 is 18.0 Å². The number of carbonyl (C=O) groups excluding carboxylic acids is 1. The lowest BCUT2D eigenvalue weighted by Gasteiger charge is -2.25. The minimum atomic E-state index is -4.33. The monoisotopic (exact) mass is 228 g/mol. The van der Waals surface area contributed by atoms with Crippen molar-refractivity contribution in [1.82, 2.24) is 10.6 Å². The number of nitrogens with one attached hydrogen (secondary N) is 2. The Labute approximate surface area is 83.8 Å². The second kappa shape index (κ2) is 4.88. The first-order chi connectivity index (χ1) is 6.47. The van der Waals surface area contributed by atoms with Crippen LogP contribution >= 0.6 is 11.8 Å². The van der Waals surface area contributed by atoms with Gasteiger partial charge in [-0.05, 0) is 0 Å². The van der Waals surface area contributed by atoms with Gasteiger partial charge in [-0.1, -0.05) is 0 Å². The van der Waals surface area contributed by atoms with Crippen molar-refractivity contribution in [3.8, 4) is 0 Å². The van der Waals surface area contributed by atoms with Gasteiger partial charge in [-0.2, -0.15) is 24.9 Å². The molecule has 1 aliphatic rings. The Morgan fingerprint density at radius 1 is 1.43 bits per heavy atom. The third-order valence-electron chi connectivity index (χ3n) is 1.68. The number of hydrogen-bond acceptors (Lipinski definition) is 3. The van der Waals surface area contributed by atoms with E-state index in [0.29, 0.717) is 0 Å². The van der Waals surface area contributed by atoms with Gasteiger partial charge in [0.05, 0.1) is 6.54 Å². The lowest BCUT2D eigenvalue weighted by atomic mass is 10.3. The van der Waals surface area contributed by atoms with Crippen molar-refractivity contribution in [2.75, 3.05) is 24.6 Å². The number of carbonyl (C=O) groups is 1. The van der Waals surface area contributed by atoms with E-state index in [9.17, 15) is 18.0 Å². The van der Waals surface area contributed by atoms with Gasteiger partial charge in [-0.3, -0.25) is 4.79 Å². The molecule has 0 aliphatic carbocycles. The summed E-state index contributed by atoms with van der Waals surface area (Å²) in [6, 6.07) is 0.275. The van der Waals surface area contributed by atoms with Gasteiger partial charge >= 0.3 is 6.18 Å². The molecule has 1 rings (SSSR count). The zero-order chi connectivity index (χ0) is 10.6. The van der Waals surface area contributed by atoms with Crippen LogP contribution in [-0.2, 0) is 4.79 Å². The first-order valence-electron chi connectivity index (χ1n) is 4.12. The Kier molecular flexibility index (Phi) is 4.06. The standard InChI is InChI=1S/C7H11F3N2OS/c8-7(9,10)4-12-6(13)1-11-5-2-14-3-5/h5,11H,1-4H2,(H,12,13). The van der Waals surface area contributed by atoms with Crippen LogP contribution in [0.3, 0.4) is 0 Å². The van der Waals surface area contributed by atoms with E-state index in [2.05, 4.69) is 5.32 Å². The van der Waals surface area contributed by atoms with E-state index in [-0.39, 0.29) is 12.6 Å². The molecule has 1 fully saturated rings. The molecule has 1 amide bonds. The molecule has 82 valence electrons. The van der Waals surface area contributed by atoms with Crippen LogP contribution in [0.15, 0.2) is 0 Å². The number of hydrogen-bond donors (Lipinski definition) is 2. The second-order valence-corrected chi connectivity index (χ2v) is 4.08. The van der Waals surface area contributed by atoms with Gasteiger partial charge in [0.1, 0.15) is 6.54 Å². The second-order valence-electron chi connectivity index (χ2n) is 3.01. The fourth-order valence-electron chi connectivity index (χ4n) is 0.852. The summed E-state index contributed by atoms with van der Waals surface area (Å²) in [5.74, 6) is 1.23. The lowest BCUT2D eigenvalue weighted by Crippen LogP contribution is -2.46. The highest BCUT2D eigenvalue weighted by atomic mass is 32.2. The molecule has 0 atom stereocenters. The fraction of sp³-hybridized carbons (Fsp3) is 0.857. The van der Waals surface area contributed by atoms with Gasteiger partial charge in [0.2, 0.25) is 5.91 Å². The predicted octanol–water partition coefficient (Wildman–Crippen LogP) is 0.370. The number of amides is 1. The van der Waals surface area contributed by atoms with Crippen LogP contribution in [0.25, 0.3) is 0 Å². The molecule has 0 unspecified atom stereocenters. The van der Waals surface area contributed by atoms with Gasteiger partial charge in [0, 0.05) is 17.5 Å². The summed E-state index contributed by atoms with van der Waals surface area (Å²) in [5, 5.41) is 4.65. The van der Waals surface area contributed by atoms with Crippen LogP contribution in [0.5, 0.6) is 0 Å². The summed E-state index contributed by atoms with van der Waals surface area (Å²) in [7, 11) is 0. The Balaban J connectivity index is 2.03. The Morgan fingerprint density at radius 3 is 2.50 bits per heavy atom. The molecule has 1 heterocycles. The minimum Gasteiger partial charge on any atom is -0.346 e. The van der Waals surface area contributed by atoms with E-state index in [1.807, 2.05) is 0 Å². The number of alkyl halides is 3. The number of rotatable bonds is 4. The summed E-state index contributed by atoms with van der Waals surface area (Å²) in [6.07, 6.45) is -4.33. The normalized spacial score (nSPS) is 17.6. The Morgan fingerprint density at radius 2 is 2.07 bits per heavy atom. The van der Waals surface area contributed by atoms with Crippen LogP contribution < -0.4 is 10.6 Å². The van der Waals surface area contributed by atoms with Crippen molar-refractivity contribution in [3.63, 3.8) is 0 Å². The minimum absolute atomic E-state index is 0.0404. The average molecular weight is 228 g/mol. The quantitative estimate of drug-likeness (QED) is 0.730. The molecule has 3 nitrogen and oxygen atoms in total. The zero-order valence-corrected chi connectivity index (χ0v) is 8.17. The topological polar surface area (TPSA) is 41.1 Å². The van der Waals surface area contributed by atoms with Crippen molar-refractivity contribution >= 4 is 17.7 Å². The SMILES string of the molecule is O=C(CNC1CSC1)NCC(F)(F)F. The molecule has 0 aromatic carbocycles. The highest BCUT2D eigenvalue weighted by Crippen LogP contribution is 2.16. The molecule has 1 saturated heterocycles. The molecule has 0 aromatic rings. The van der Waals surface area contributed by atoms with Crippen LogP contribution in [0, 0.1) is 0 Å². The molecule has 7 heteroatoms. The van der Waals surface area contributed by atoms with E-state index >= 15 is 0 Å². The highest BCUT2D eigenvalue weighted by molar-refractivity contribution is 8.00. The van der Waals surface area contributed by atoms with E-state index in [0.717, 1.165) is 11.5 Å². The fourth-order valence-corrected chi connectivity index (χ4v) is 1.56. The maximum atomic E-state index is 11.7. The third-order valence-corrected chi connectivity index (χ3v) is 2.95. The molecular formula is C7H11F3N2OS. The molecule has 0 aromatic heterocycles. The maximum absolute atomic E-state index is 11.7. The largest absolute Gasteiger partial charge is 0.405 e. The Hall–Kier alpha value is -0.430. The summed E-state index contributed by atoms with van der Waals surface area (Å²) < 4.78 is 35.0. The number of halogens is 3. The van der Waals surface area contributed by atoms with E-state index < -0.39 is 18.6 Å². The van der Waals surface area contributed by atoms with Gasteiger partial charge in [-0.15, -0.1) is 0 Å². The van der Waals surface area contributed by atoms with Crippen molar-refractivity contribution in [1.29, 1.82) is 0 Å². The molecule has 1 aliphatic heterocycles. The van der Waals surface area contributed by atoms with Gasteiger partial charge in [-0.25, -0.2) is 0 Å². The van der Waals surface area contributed by atoms with E-state index in [1.165, 1.54) is 0 Å². The first-order valence-corrected chi connectivity index (χ1v) is 5.27. The first kappa shape index (κ1) is 11.6. The average Bonchev–Trinajstić information content (AvgIpc) is 1.96. The maximum Gasteiger partial charge on any atom is 0.405 e. The van der Waals surface area contributed by atoms with E-state index in [4.69, 9.17) is 0 Å². The summed E-state index contributed by atoms with van der Waals surface area (Å²) in [6.45, 7) is -1.30. The number of thioether (sulfide) groups is 1. The van der Waals surface area contributed by atoms with Crippen LogP contribution in [0.1, 0.15) is 0 Å². The molecule has 0 radical (unpaired) electrons. The Bertz CT molecular complexity index is 206. The molecule has 0 saturated carbocycles. The van der Waals surface area contributed by atoms with Crippen molar-refractivity contribution in [2.45, 2.75) is 12.2 Å². The van der Waals surface area contributed by atoms with Gasteiger partial charge in [0.25, 0.3) is 0 Å². The molecule has 0 bridgehead atoms. The van der Waals surface area contributed by atoms with Crippen molar-refractivity contribution in [2.24, 2.45) is 0 Å². The molecule has 14 heavy (non-hydrogen) atoms. The van der Waals surface area contributed by atoms with Gasteiger partial charge in [0.15, 0.2) is 0 Å². The molecule has 2 N–H and O–H groups in total. The van der Waals surface area contributed by atoms with E-state index in [1.54, 1.807) is 17.1 Å². The molecular weight excluding hydrogens is 217 g/mol.